The average Bonchev–Trinajstić information content (AvgIpc) is 2.91. The van der Waals surface area contributed by atoms with Gasteiger partial charge in [-0.1, -0.05) is 24.2 Å². The topological polar surface area (TPSA) is 74.2 Å². The molecule has 0 spiro atoms. The Morgan fingerprint density at radius 1 is 1.32 bits per heavy atom. The summed E-state index contributed by atoms with van der Waals surface area (Å²) in [5.41, 5.74) is 6.53. The van der Waals surface area contributed by atoms with Crippen molar-refractivity contribution in [3.8, 4) is 17.1 Å². The third-order valence-corrected chi connectivity index (χ3v) is 3.00. The van der Waals surface area contributed by atoms with Crippen LogP contribution >= 0.6 is 0 Å². The lowest BCUT2D eigenvalue weighted by molar-refractivity contribution is 0.340. The molecule has 19 heavy (non-hydrogen) atoms. The molecule has 1 aromatic heterocycles. The molecule has 1 unspecified atom stereocenters. The van der Waals surface area contributed by atoms with Gasteiger partial charge < -0.3 is 15.0 Å². The maximum atomic E-state index is 5.69. The van der Waals surface area contributed by atoms with E-state index in [9.17, 15) is 0 Å². The average molecular weight is 261 g/mol. The number of rotatable bonds is 6. The number of hydrogen-bond donors (Lipinski definition) is 1. The maximum absolute atomic E-state index is 5.69. The standard InChI is InChI=1S/C14H19N3O2/c1-3-10(9-15)14-16-13(17-19-14)11-7-5-6-8-12(11)18-4-2/h5-8,10H,3-4,9,15H2,1-2H3. The molecule has 2 aromatic rings. The lowest BCUT2D eigenvalue weighted by atomic mass is 10.1. The van der Waals surface area contributed by atoms with Gasteiger partial charge in [-0.3, -0.25) is 0 Å². The van der Waals surface area contributed by atoms with Crippen molar-refractivity contribution in [3.05, 3.63) is 30.2 Å². The van der Waals surface area contributed by atoms with Gasteiger partial charge in [0.2, 0.25) is 11.7 Å². The lowest BCUT2D eigenvalue weighted by Crippen LogP contribution is -2.11. The van der Waals surface area contributed by atoms with Crippen molar-refractivity contribution < 1.29 is 9.26 Å². The first-order valence-corrected chi connectivity index (χ1v) is 6.56. The fourth-order valence-corrected chi connectivity index (χ4v) is 1.89. The van der Waals surface area contributed by atoms with Crippen LogP contribution in [0.25, 0.3) is 11.4 Å². The molecule has 0 aliphatic carbocycles. The van der Waals surface area contributed by atoms with Gasteiger partial charge in [-0.15, -0.1) is 0 Å². The second kappa shape index (κ2) is 6.33. The van der Waals surface area contributed by atoms with Gasteiger partial charge in [0, 0.05) is 6.54 Å². The van der Waals surface area contributed by atoms with Crippen LogP contribution in [0.1, 0.15) is 32.1 Å². The van der Waals surface area contributed by atoms with Gasteiger partial charge in [0.1, 0.15) is 5.75 Å². The first kappa shape index (κ1) is 13.5. The second-order valence-corrected chi connectivity index (χ2v) is 4.23. The zero-order valence-corrected chi connectivity index (χ0v) is 11.3. The van der Waals surface area contributed by atoms with Gasteiger partial charge in [0.05, 0.1) is 18.1 Å². The summed E-state index contributed by atoms with van der Waals surface area (Å²) in [5.74, 6) is 2.01. The van der Waals surface area contributed by atoms with Crippen molar-refractivity contribution in [2.24, 2.45) is 5.73 Å². The highest BCUT2D eigenvalue weighted by atomic mass is 16.5. The van der Waals surface area contributed by atoms with Gasteiger partial charge in [-0.05, 0) is 25.5 Å². The van der Waals surface area contributed by atoms with Crippen LogP contribution in [0.4, 0.5) is 0 Å². The van der Waals surface area contributed by atoms with E-state index in [0.717, 1.165) is 17.7 Å². The van der Waals surface area contributed by atoms with Crippen LogP contribution in [0, 0.1) is 0 Å². The molecule has 0 radical (unpaired) electrons. The van der Waals surface area contributed by atoms with Gasteiger partial charge >= 0.3 is 0 Å². The molecule has 5 heteroatoms. The molecule has 0 bridgehead atoms. The van der Waals surface area contributed by atoms with Crippen molar-refractivity contribution in [1.82, 2.24) is 10.1 Å². The van der Waals surface area contributed by atoms with Crippen molar-refractivity contribution in [2.45, 2.75) is 26.2 Å². The number of ether oxygens (including phenoxy) is 1. The van der Waals surface area contributed by atoms with E-state index in [0.29, 0.717) is 24.9 Å². The van der Waals surface area contributed by atoms with Crippen LogP contribution in [0.2, 0.25) is 0 Å². The first-order chi connectivity index (χ1) is 9.30. The molecule has 102 valence electrons. The number of para-hydroxylation sites is 1. The summed E-state index contributed by atoms with van der Waals surface area (Å²) >= 11 is 0. The van der Waals surface area contributed by atoms with Gasteiger partial charge in [0.25, 0.3) is 0 Å². The fraction of sp³-hybridized carbons (Fsp3) is 0.429. The maximum Gasteiger partial charge on any atom is 0.231 e. The number of nitrogens with zero attached hydrogens (tertiary/aromatic N) is 2. The highest BCUT2D eigenvalue weighted by molar-refractivity contribution is 5.63. The predicted molar refractivity (Wildman–Crippen MR) is 73.0 cm³/mol. The monoisotopic (exact) mass is 261 g/mol. The van der Waals surface area contributed by atoms with Crippen molar-refractivity contribution in [2.75, 3.05) is 13.2 Å². The minimum atomic E-state index is 0.112. The molecule has 0 amide bonds. The Morgan fingerprint density at radius 3 is 2.79 bits per heavy atom. The summed E-state index contributed by atoms with van der Waals surface area (Å²) in [6, 6.07) is 7.66. The molecular weight excluding hydrogens is 242 g/mol. The third kappa shape index (κ3) is 2.93. The Balaban J connectivity index is 2.32. The highest BCUT2D eigenvalue weighted by Gasteiger charge is 2.18. The van der Waals surface area contributed by atoms with Gasteiger partial charge in [-0.2, -0.15) is 4.98 Å². The van der Waals surface area contributed by atoms with E-state index in [1.807, 2.05) is 31.2 Å². The lowest BCUT2D eigenvalue weighted by Gasteiger charge is -2.06. The third-order valence-electron chi connectivity index (χ3n) is 3.00. The summed E-state index contributed by atoms with van der Waals surface area (Å²) in [4.78, 5) is 4.43. The second-order valence-electron chi connectivity index (χ2n) is 4.23. The Hall–Kier alpha value is -1.88. The SMILES string of the molecule is CCOc1ccccc1-c1noc(C(CC)CN)n1. The molecule has 1 aromatic carbocycles. The number of aromatic nitrogens is 2. The van der Waals surface area contributed by atoms with Crippen molar-refractivity contribution >= 4 is 0 Å². The van der Waals surface area contributed by atoms with Crippen molar-refractivity contribution in [3.63, 3.8) is 0 Å². The molecular formula is C14H19N3O2. The van der Waals surface area contributed by atoms with E-state index < -0.39 is 0 Å². The number of nitrogens with two attached hydrogens (primary N) is 1. The molecule has 1 atom stereocenters. The molecule has 0 saturated carbocycles. The Morgan fingerprint density at radius 2 is 2.11 bits per heavy atom. The quantitative estimate of drug-likeness (QED) is 0.865. The van der Waals surface area contributed by atoms with Gasteiger partial charge in [-0.25, -0.2) is 0 Å². The summed E-state index contributed by atoms with van der Waals surface area (Å²) in [6.07, 6.45) is 0.880. The first-order valence-electron chi connectivity index (χ1n) is 6.56. The smallest absolute Gasteiger partial charge is 0.231 e. The molecule has 2 rings (SSSR count). The highest BCUT2D eigenvalue weighted by Crippen LogP contribution is 2.28. The fourth-order valence-electron chi connectivity index (χ4n) is 1.89. The van der Waals surface area contributed by atoms with E-state index in [-0.39, 0.29) is 5.92 Å². The van der Waals surface area contributed by atoms with Crippen LogP contribution in [0.15, 0.2) is 28.8 Å². The Bertz CT molecular complexity index is 521. The normalized spacial score (nSPS) is 12.4. The summed E-state index contributed by atoms with van der Waals surface area (Å²) in [7, 11) is 0. The zero-order valence-electron chi connectivity index (χ0n) is 11.3. The van der Waals surface area contributed by atoms with Crippen LogP contribution in [-0.2, 0) is 0 Å². The number of benzene rings is 1. The largest absolute Gasteiger partial charge is 0.493 e. The van der Waals surface area contributed by atoms with Crippen LogP contribution in [-0.4, -0.2) is 23.3 Å². The molecule has 0 saturated heterocycles. The summed E-state index contributed by atoms with van der Waals surface area (Å²) in [5, 5.41) is 4.02. The van der Waals surface area contributed by atoms with Crippen LogP contribution < -0.4 is 10.5 Å². The van der Waals surface area contributed by atoms with E-state index in [4.69, 9.17) is 15.0 Å². The van der Waals surface area contributed by atoms with Gasteiger partial charge in [0.15, 0.2) is 0 Å². The molecule has 0 aliphatic rings. The van der Waals surface area contributed by atoms with E-state index >= 15 is 0 Å². The van der Waals surface area contributed by atoms with E-state index in [1.54, 1.807) is 0 Å². The predicted octanol–water partition coefficient (Wildman–Crippen LogP) is 2.59. The van der Waals surface area contributed by atoms with Crippen molar-refractivity contribution in [1.29, 1.82) is 0 Å². The van der Waals surface area contributed by atoms with E-state index in [1.165, 1.54) is 0 Å². The molecule has 2 N–H and O–H groups in total. The molecule has 1 heterocycles. The minimum Gasteiger partial charge on any atom is -0.493 e. The zero-order chi connectivity index (χ0) is 13.7. The molecule has 0 aliphatic heterocycles. The van der Waals surface area contributed by atoms with Crippen LogP contribution in [0.3, 0.4) is 0 Å². The summed E-state index contributed by atoms with van der Waals surface area (Å²) in [6.45, 7) is 5.10. The van der Waals surface area contributed by atoms with Crippen LogP contribution in [0.5, 0.6) is 5.75 Å². The molecule has 0 fully saturated rings. The van der Waals surface area contributed by atoms with E-state index in [2.05, 4.69) is 17.1 Å². The summed E-state index contributed by atoms with van der Waals surface area (Å²) < 4.78 is 10.9. The minimum absolute atomic E-state index is 0.112. The number of hydrogen-bond acceptors (Lipinski definition) is 5. The Kier molecular flexibility index (Phi) is 4.52. The molecule has 5 nitrogen and oxygen atoms in total. The Labute approximate surface area is 112 Å².